The number of rotatable bonds is 3. The molecule has 3 rings (SSSR count). The van der Waals surface area contributed by atoms with Gasteiger partial charge in [-0.05, 0) is 35.4 Å². The number of carboxylic acid groups (broad SMARTS) is 1. The van der Waals surface area contributed by atoms with Crippen LogP contribution in [0.5, 0.6) is 17.2 Å². The van der Waals surface area contributed by atoms with E-state index in [-0.39, 0.29) is 30.3 Å². The Kier molecular flexibility index (Phi) is 3.96. The molecule has 1 aliphatic heterocycles. The third-order valence-corrected chi connectivity index (χ3v) is 3.27. The molecule has 1 N–H and O–H groups in total. The predicted molar refractivity (Wildman–Crippen MR) is 76.5 cm³/mol. The van der Waals surface area contributed by atoms with Crippen molar-refractivity contribution in [1.82, 2.24) is 0 Å². The van der Waals surface area contributed by atoms with Crippen molar-refractivity contribution in [3.05, 3.63) is 42.0 Å². The fourth-order valence-corrected chi connectivity index (χ4v) is 2.35. The average molecular weight is 340 g/mol. The summed E-state index contributed by atoms with van der Waals surface area (Å²) < 4.78 is 51.6. The zero-order valence-electron chi connectivity index (χ0n) is 12.1. The number of fused-ring (bicyclic) bond motifs is 1. The second-order valence-electron chi connectivity index (χ2n) is 4.93. The van der Waals surface area contributed by atoms with Crippen molar-refractivity contribution in [3.8, 4) is 28.4 Å². The molecule has 0 atom stereocenters. The number of halogens is 3. The number of benzene rings is 2. The van der Waals surface area contributed by atoms with Gasteiger partial charge in [-0.25, -0.2) is 4.79 Å². The molecule has 0 fully saturated rings. The lowest BCUT2D eigenvalue weighted by Crippen LogP contribution is -2.18. The number of ether oxygens (including phenoxy) is 3. The standard InChI is InChI=1S/C16H11F3O5/c17-16(18,19)24-11-3-1-2-9(6-11)10-7-12(15(20)21)14-13(8-10)22-4-5-23-14/h1-3,6-8H,4-5H2,(H,20,21). The van der Waals surface area contributed by atoms with E-state index in [2.05, 4.69) is 4.74 Å². The van der Waals surface area contributed by atoms with Crippen LogP contribution in [-0.2, 0) is 0 Å². The van der Waals surface area contributed by atoms with Gasteiger partial charge in [-0.15, -0.1) is 13.2 Å². The van der Waals surface area contributed by atoms with Crippen LogP contribution >= 0.6 is 0 Å². The molecule has 1 aliphatic rings. The van der Waals surface area contributed by atoms with Crippen LogP contribution in [0.4, 0.5) is 13.2 Å². The van der Waals surface area contributed by atoms with Crippen LogP contribution in [0.2, 0.25) is 0 Å². The topological polar surface area (TPSA) is 65.0 Å². The van der Waals surface area contributed by atoms with E-state index in [1.165, 1.54) is 24.3 Å². The Labute approximate surface area is 134 Å². The maximum Gasteiger partial charge on any atom is 0.573 e. The fraction of sp³-hybridized carbons (Fsp3) is 0.188. The van der Waals surface area contributed by atoms with Crippen molar-refractivity contribution >= 4 is 5.97 Å². The summed E-state index contributed by atoms with van der Waals surface area (Å²) in [5.74, 6) is -1.27. The van der Waals surface area contributed by atoms with E-state index in [0.29, 0.717) is 11.1 Å². The minimum atomic E-state index is -4.81. The highest BCUT2D eigenvalue weighted by Gasteiger charge is 2.31. The first-order chi connectivity index (χ1) is 11.3. The van der Waals surface area contributed by atoms with Gasteiger partial charge in [-0.3, -0.25) is 0 Å². The lowest BCUT2D eigenvalue weighted by Gasteiger charge is -2.21. The average Bonchev–Trinajstić information content (AvgIpc) is 2.52. The van der Waals surface area contributed by atoms with Gasteiger partial charge in [-0.1, -0.05) is 12.1 Å². The minimum Gasteiger partial charge on any atom is -0.486 e. The van der Waals surface area contributed by atoms with Crippen molar-refractivity contribution in [2.75, 3.05) is 13.2 Å². The third-order valence-electron chi connectivity index (χ3n) is 3.27. The lowest BCUT2D eigenvalue weighted by atomic mass is 10.0. The highest BCUT2D eigenvalue weighted by Crippen LogP contribution is 2.39. The molecular formula is C16H11F3O5. The van der Waals surface area contributed by atoms with E-state index >= 15 is 0 Å². The number of aromatic carboxylic acids is 1. The second-order valence-corrected chi connectivity index (χ2v) is 4.93. The summed E-state index contributed by atoms with van der Waals surface area (Å²) in [6, 6.07) is 8.10. The first-order valence-corrected chi connectivity index (χ1v) is 6.86. The number of hydrogen-bond acceptors (Lipinski definition) is 4. The van der Waals surface area contributed by atoms with Gasteiger partial charge in [0.1, 0.15) is 24.5 Å². The SMILES string of the molecule is O=C(O)c1cc(-c2cccc(OC(F)(F)F)c2)cc2c1OCCO2. The highest BCUT2D eigenvalue weighted by molar-refractivity contribution is 5.94. The Hall–Kier alpha value is -2.90. The van der Waals surface area contributed by atoms with Gasteiger partial charge in [0.15, 0.2) is 11.5 Å². The molecule has 0 amide bonds. The number of alkyl halides is 3. The molecule has 2 aromatic rings. The van der Waals surface area contributed by atoms with E-state index in [4.69, 9.17) is 9.47 Å². The molecule has 5 nitrogen and oxygen atoms in total. The van der Waals surface area contributed by atoms with Crippen molar-refractivity contribution in [3.63, 3.8) is 0 Å². The van der Waals surface area contributed by atoms with E-state index < -0.39 is 18.1 Å². The number of carbonyl (C=O) groups is 1. The Morgan fingerprint density at radius 1 is 1.08 bits per heavy atom. The molecule has 0 unspecified atom stereocenters. The zero-order chi connectivity index (χ0) is 17.3. The molecule has 0 aromatic heterocycles. The molecule has 0 saturated carbocycles. The van der Waals surface area contributed by atoms with E-state index in [1.54, 1.807) is 6.07 Å². The molecule has 1 heterocycles. The van der Waals surface area contributed by atoms with Crippen LogP contribution in [0, 0.1) is 0 Å². The Morgan fingerprint density at radius 3 is 2.54 bits per heavy atom. The maximum absolute atomic E-state index is 12.3. The quantitative estimate of drug-likeness (QED) is 0.922. The first kappa shape index (κ1) is 16.0. The number of hydrogen-bond donors (Lipinski definition) is 1. The summed E-state index contributed by atoms with van der Waals surface area (Å²) in [5, 5.41) is 9.31. The molecule has 8 heteroatoms. The minimum absolute atomic E-state index is 0.111. The van der Waals surface area contributed by atoms with Gasteiger partial charge < -0.3 is 19.3 Å². The van der Waals surface area contributed by atoms with Gasteiger partial charge >= 0.3 is 12.3 Å². The first-order valence-electron chi connectivity index (χ1n) is 6.86. The van der Waals surface area contributed by atoms with Crippen LogP contribution in [0.25, 0.3) is 11.1 Å². The van der Waals surface area contributed by atoms with Crippen molar-refractivity contribution < 1.29 is 37.3 Å². The van der Waals surface area contributed by atoms with Crippen molar-refractivity contribution in [1.29, 1.82) is 0 Å². The monoisotopic (exact) mass is 340 g/mol. The van der Waals surface area contributed by atoms with Crippen molar-refractivity contribution in [2.45, 2.75) is 6.36 Å². The lowest BCUT2D eigenvalue weighted by molar-refractivity contribution is -0.274. The highest BCUT2D eigenvalue weighted by atomic mass is 19.4. The number of carboxylic acids is 1. The maximum atomic E-state index is 12.3. The van der Waals surface area contributed by atoms with Crippen LogP contribution in [-0.4, -0.2) is 30.7 Å². The van der Waals surface area contributed by atoms with E-state index in [9.17, 15) is 23.1 Å². The van der Waals surface area contributed by atoms with Gasteiger partial charge in [0.25, 0.3) is 0 Å². The Morgan fingerprint density at radius 2 is 1.83 bits per heavy atom. The molecular weight excluding hydrogens is 329 g/mol. The van der Waals surface area contributed by atoms with Gasteiger partial charge in [0.05, 0.1) is 0 Å². The molecule has 24 heavy (non-hydrogen) atoms. The molecule has 0 saturated heterocycles. The molecule has 0 bridgehead atoms. The van der Waals surface area contributed by atoms with Gasteiger partial charge in [-0.2, -0.15) is 0 Å². The normalized spacial score (nSPS) is 13.5. The van der Waals surface area contributed by atoms with Crippen LogP contribution in [0.15, 0.2) is 36.4 Å². The van der Waals surface area contributed by atoms with Crippen LogP contribution in [0.3, 0.4) is 0 Å². The Bertz CT molecular complexity index is 786. The predicted octanol–water partition coefficient (Wildman–Crippen LogP) is 3.72. The third kappa shape index (κ3) is 3.37. The summed E-state index contributed by atoms with van der Waals surface area (Å²) in [6.07, 6.45) is -4.81. The molecule has 0 aliphatic carbocycles. The summed E-state index contributed by atoms with van der Waals surface area (Å²) >= 11 is 0. The smallest absolute Gasteiger partial charge is 0.486 e. The largest absolute Gasteiger partial charge is 0.573 e. The van der Waals surface area contributed by atoms with Crippen molar-refractivity contribution in [2.24, 2.45) is 0 Å². The fourth-order valence-electron chi connectivity index (χ4n) is 2.35. The Balaban J connectivity index is 2.05. The molecule has 0 radical (unpaired) electrons. The summed E-state index contributed by atoms with van der Waals surface area (Å²) in [4.78, 5) is 11.4. The van der Waals surface area contributed by atoms with Crippen LogP contribution in [0.1, 0.15) is 10.4 Å². The van der Waals surface area contributed by atoms with Gasteiger partial charge in [0, 0.05) is 0 Å². The zero-order valence-corrected chi connectivity index (χ0v) is 12.1. The van der Waals surface area contributed by atoms with E-state index in [1.807, 2.05) is 0 Å². The molecule has 0 spiro atoms. The molecule has 126 valence electrons. The summed E-state index contributed by atoms with van der Waals surface area (Å²) in [7, 11) is 0. The van der Waals surface area contributed by atoms with Crippen LogP contribution < -0.4 is 14.2 Å². The summed E-state index contributed by atoms with van der Waals surface area (Å²) in [5.41, 5.74) is 0.616. The van der Waals surface area contributed by atoms with E-state index in [0.717, 1.165) is 6.07 Å². The van der Waals surface area contributed by atoms with Gasteiger partial charge in [0.2, 0.25) is 0 Å². The summed E-state index contributed by atoms with van der Waals surface area (Å²) in [6.45, 7) is 0.480. The second kappa shape index (κ2) is 5.95. The molecule has 2 aromatic carbocycles.